The number of nitrogens with zero attached hydrogens (tertiary/aromatic N) is 1. The number of amides is 1. The van der Waals surface area contributed by atoms with E-state index in [9.17, 15) is 14.4 Å². The summed E-state index contributed by atoms with van der Waals surface area (Å²) >= 11 is 6.09. The van der Waals surface area contributed by atoms with Gasteiger partial charge in [-0.15, -0.1) is 0 Å². The van der Waals surface area contributed by atoms with Gasteiger partial charge in [0.2, 0.25) is 0 Å². The van der Waals surface area contributed by atoms with Crippen molar-refractivity contribution in [1.29, 1.82) is 0 Å². The van der Waals surface area contributed by atoms with Crippen LogP contribution in [0.25, 0.3) is 0 Å². The molecule has 170 valence electrons. The molecule has 0 bridgehead atoms. The predicted octanol–water partition coefficient (Wildman–Crippen LogP) is 3.73. The van der Waals surface area contributed by atoms with Gasteiger partial charge in [-0.05, 0) is 30.2 Å². The molecule has 7 nitrogen and oxygen atoms in total. The molecule has 0 spiro atoms. The Morgan fingerprint density at radius 3 is 2.38 bits per heavy atom. The summed E-state index contributed by atoms with van der Waals surface area (Å²) in [6.45, 7) is 1.99. The van der Waals surface area contributed by atoms with E-state index in [0.29, 0.717) is 29.1 Å². The Morgan fingerprint density at radius 2 is 1.78 bits per heavy atom. The molecule has 2 aromatic rings. The summed E-state index contributed by atoms with van der Waals surface area (Å²) in [4.78, 5) is 38.1. The Bertz CT molecular complexity index is 1030. The number of nitrogens with one attached hydrogen (secondary N) is 1. The van der Waals surface area contributed by atoms with E-state index in [-0.39, 0.29) is 35.1 Å². The summed E-state index contributed by atoms with van der Waals surface area (Å²) in [5.41, 5.74) is 1.32. The van der Waals surface area contributed by atoms with Gasteiger partial charge in [-0.1, -0.05) is 41.9 Å². The second-order valence-electron chi connectivity index (χ2n) is 8.61. The highest BCUT2D eigenvalue weighted by molar-refractivity contribution is 6.31. The predicted molar refractivity (Wildman–Crippen MR) is 121 cm³/mol. The van der Waals surface area contributed by atoms with E-state index in [2.05, 4.69) is 5.32 Å². The molecule has 2 aromatic carbocycles. The Labute approximate surface area is 192 Å². The van der Waals surface area contributed by atoms with Crippen molar-refractivity contribution in [2.24, 2.45) is 0 Å². The van der Waals surface area contributed by atoms with Crippen molar-refractivity contribution < 1.29 is 28.3 Å². The van der Waals surface area contributed by atoms with Crippen LogP contribution >= 0.6 is 11.6 Å². The molecule has 0 radical (unpaired) electrons. The maximum atomic E-state index is 13.3. The van der Waals surface area contributed by atoms with Gasteiger partial charge in [-0.25, -0.2) is 9.59 Å². The number of esters is 2. The summed E-state index contributed by atoms with van der Waals surface area (Å²) in [5.74, 6) is -1.22. The summed E-state index contributed by atoms with van der Waals surface area (Å²) < 4.78 is 10.4. The molecule has 0 aliphatic heterocycles. The highest BCUT2D eigenvalue weighted by Gasteiger charge is 2.63. The number of ether oxygens (including phenoxy) is 2. The summed E-state index contributed by atoms with van der Waals surface area (Å²) in [6, 6.07) is 12.6. The molecular formula is C24H28ClN2O5+. The van der Waals surface area contributed by atoms with Crippen LogP contribution in [0.2, 0.25) is 5.02 Å². The fourth-order valence-electron chi connectivity index (χ4n) is 3.89. The molecule has 8 heteroatoms. The second-order valence-corrected chi connectivity index (χ2v) is 9.05. The van der Waals surface area contributed by atoms with Gasteiger partial charge in [0.1, 0.15) is 6.61 Å². The minimum Gasteiger partial charge on any atom is -0.465 e. The van der Waals surface area contributed by atoms with E-state index < -0.39 is 11.5 Å². The second kappa shape index (κ2) is 9.30. The third kappa shape index (κ3) is 4.95. The monoisotopic (exact) mass is 459 g/mol. The number of rotatable bonds is 8. The molecule has 0 unspecified atom stereocenters. The number of halogens is 1. The molecule has 0 saturated heterocycles. The number of aryl methyl sites for hydroxylation is 1. The van der Waals surface area contributed by atoms with E-state index in [1.54, 1.807) is 13.0 Å². The third-order valence-corrected chi connectivity index (χ3v) is 6.23. The number of methoxy groups -OCH3 is 1. The first kappa shape index (κ1) is 23.8. The quantitative estimate of drug-likeness (QED) is 0.480. The van der Waals surface area contributed by atoms with Crippen LogP contribution in [0, 0.1) is 6.92 Å². The summed E-state index contributed by atoms with van der Waals surface area (Å²) in [7, 11) is 4.95. The standard InChI is InChI=1S/C24H27ClN2O5/c1-16-12-18(25)13-19(22(29)31-4)21(16)26-23(30)24(10-11-24)27(2,3)14-20(28)32-15-17-8-6-5-7-9-17/h5-9,12-13H,10-11,14-15H2,1-4H3/p+1. The number of anilines is 1. The zero-order valence-corrected chi connectivity index (χ0v) is 19.5. The number of carbonyl (C=O) groups is 3. The van der Waals surface area contributed by atoms with Gasteiger partial charge in [0.05, 0.1) is 32.5 Å². The van der Waals surface area contributed by atoms with Crippen LogP contribution in [0.1, 0.15) is 34.3 Å². The van der Waals surface area contributed by atoms with Gasteiger partial charge in [-0.2, -0.15) is 0 Å². The molecular weight excluding hydrogens is 432 g/mol. The van der Waals surface area contributed by atoms with Gasteiger partial charge in [0, 0.05) is 17.9 Å². The normalized spacial score (nSPS) is 14.4. The minimum absolute atomic E-state index is 0.0453. The van der Waals surface area contributed by atoms with Crippen molar-refractivity contribution in [3.8, 4) is 0 Å². The number of quaternary nitrogens is 1. The SMILES string of the molecule is COC(=O)c1cc(Cl)cc(C)c1NC(=O)C1([N+](C)(C)CC(=O)OCc2ccccc2)CC1. The first-order valence-corrected chi connectivity index (χ1v) is 10.7. The van der Waals surface area contributed by atoms with Gasteiger partial charge in [-0.3, -0.25) is 4.79 Å². The van der Waals surface area contributed by atoms with Crippen LogP contribution in [0.15, 0.2) is 42.5 Å². The number of carbonyl (C=O) groups excluding carboxylic acids is 3. The zero-order valence-electron chi connectivity index (χ0n) is 18.7. The third-order valence-electron chi connectivity index (χ3n) is 6.02. The maximum absolute atomic E-state index is 13.3. The van der Waals surface area contributed by atoms with Crippen molar-refractivity contribution in [2.45, 2.75) is 31.9 Å². The molecule has 1 fully saturated rings. The summed E-state index contributed by atoms with van der Waals surface area (Å²) in [5, 5.41) is 3.27. The first-order valence-electron chi connectivity index (χ1n) is 10.3. The van der Waals surface area contributed by atoms with Crippen molar-refractivity contribution in [1.82, 2.24) is 0 Å². The minimum atomic E-state index is -0.786. The molecule has 0 heterocycles. The van der Waals surface area contributed by atoms with Crippen LogP contribution in [0.5, 0.6) is 0 Å². The summed E-state index contributed by atoms with van der Waals surface area (Å²) in [6.07, 6.45) is 1.25. The lowest BCUT2D eigenvalue weighted by atomic mass is 10.1. The van der Waals surface area contributed by atoms with E-state index in [1.807, 2.05) is 44.4 Å². The van der Waals surface area contributed by atoms with Crippen molar-refractivity contribution in [2.75, 3.05) is 33.1 Å². The van der Waals surface area contributed by atoms with Crippen molar-refractivity contribution in [3.63, 3.8) is 0 Å². The van der Waals surface area contributed by atoms with Crippen molar-refractivity contribution >= 4 is 35.1 Å². The first-order chi connectivity index (χ1) is 15.1. The zero-order chi connectivity index (χ0) is 23.5. The number of hydrogen-bond acceptors (Lipinski definition) is 5. The number of likely N-dealkylation sites (N-methyl/N-ethyl adjacent to an activating group) is 1. The lowest BCUT2D eigenvalue weighted by Gasteiger charge is -2.36. The molecule has 32 heavy (non-hydrogen) atoms. The molecule has 3 rings (SSSR count). The van der Waals surface area contributed by atoms with Crippen LogP contribution in [-0.2, 0) is 25.7 Å². The van der Waals surface area contributed by atoms with Gasteiger partial charge in [0.15, 0.2) is 12.1 Å². The largest absolute Gasteiger partial charge is 0.465 e. The molecule has 1 N–H and O–H groups in total. The molecule has 0 aromatic heterocycles. The van der Waals surface area contributed by atoms with Crippen LogP contribution < -0.4 is 5.32 Å². The fourth-order valence-corrected chi connectivity index (χ4v) is 4.17. The smallest absolute Gasteiger partial charge is 0.362 e. The van der Waals surface area contributed by atoms with E-state index in [0.717, 1.165) is 5.56 Å². The Balaban J connectivity index is 1.73. The maximum Gasteiger partial charge on any atom is 0.362 e. The topological polar surface area (TPSA) is 81.7 Å². The number of benzene rings is 2. The highest BCUT2D eigenvalue weighted by atomic mass is 35.5. The molecule has 0 atom stereocenters. The Hall–Kier alpha value is -2.90. The van der Waals surface area contributed by atoms with Crippen LogP contribution in [0.3, 0.4) is 0 Å². The van der Waals surface area contributed by atoms with Crippen molar-refractivity contribution in [3.05, 3.63) is 64.2 Å². The van der Waals surface area contributed by atoms with Gasteiger partial charge < -0.3 is 19.3 Å². The number of hydrogen-bond donors (Lipinski definition) is 1. The molecule has 1 aliphatic carbocycles. The van der Waals surface area contributed by atoms with Gasteiger partial charge in [0.25, 0.3) is 5.91 Å². The average molecular weight is 460 g/mol. The lowest BCUT2D eigenvalue weighted by Crippen LogP contribution is -2.59. The highest BCUT2D eigenvalue weighted by Crippen LogP contribution is 2.46. The Morgan fingerprint density at radius 1 is 1.12 bits per heavy atom. The van der Waals surface area contributed by atoms with Gasteiger partial charge >= 0.3 is 11.9 Å². The van der Waals surface area contributed by atoms with Crippen LogP contribution in [-0.4, -0.2) is 55.6 Å². The van der Waals surface area contributed by atoms with E-state index in [1.165, 1.54) is 13.2 Å². The van der Waals surface area contributed by atoms with Crippen LogP contribution in [0.4, 0.5) is 5.69 Å². The van der Waals surface area contributed by atoms with E-state index >= 15 is 0 Å². The Kier molecular flexibility index (Phi) is 6.91. The molecule has 1 saturated carbocycles. The van der Waals surface area contributed by atoms with E-state index in [4.69, 9.17) is 21.1 Å². The molecule has 1 amide bonds. The average Bonchev–Trinajstić information content (AvgIpc) is 3.56. The lowest BCUT2D eigenvalue weighted by molar-refractivity contribution is -0.909. The molecule has 1 aliphatic rings. The fraction of sp³-hybridized carbons (Fsp3) is 0.375.